The Morgan fingerprint density at radius 3 is 2.77 bits per heavy atom. The molecule has 1 fully saturated rings. The van der Waals surface area contributed by atoms with Gasteiger partial charge >= 0.3 is 0 Å². The lowest BCUT2D eigenvalue weighted by Gasteiger charge is -2.22. The van der Waals surface area contributed by atoms with Crippen molar-refractivity contribution < 1.29 is 9.84 Å². The van der Waals surface area contributed by atoms with Crippen LogP contribution in [0.4, 0.5) is 5.69 Å². The molecule has 1 atom stereocenters. The Balaban J connectivity index is 1.56. The zero-order valence-electron chi connectivity index (χ0n) is 17.6. The summed E-state index contributed by atoms with van der Waals surface area (Å²) < 4.78 is 6.10. The zero-order chi connectivity index (χ0) is 20.9. The van der Waals surface area contributed by atoms with Crippen LogP contribution in [-0.2, 0) is 0 Å². The molecule has 2 heterocycles. The lowest BCUT2D eigenvalue weighted by molar-refractivity contribution is 0.216. The van der Waals surface area contributed by atoms with Crippen molar-refractivity contribution >= 4 is 11.8 Å². The highest BCUT2D eigenvalue weighted by Gasteiger charge is 2.26. The number of pyridine rings is 1. The SMILES string of the molecule is Cc1ccc(O[C@H]2CCN(c3ccc(-c4ccccc4C)cc3/C=C/CO)C2)nc1. The molecule has 0 radical (unpaired) electrons. The standard InChI is InChI=1S/C26H28N2O2/c1-19-9-12-26(27-17-19)30-23-13-14-28(18-23)25-11-10-21(16-22(25)7-5-15-29)24-8-4-3-6-20(24)2/h3-12,16-17,23,29H,13-15,18H2,1-2H3/b7-5+/t23-/m0/s1. The number of hydrogen-bond donors (Lipinski definition) is 1. The molecule has 1 aromatic heterocycles. The van der Waals surface area contributed by atoms with Crippen molar-refractivity contribution in [1.82, 2.24) is 4.98 Å². The third-order valence-corrected chi connectivity index (χ3v) is 5.54. The first kappa shape index (κ1) is 20.2. The van der Waals surface area contributed by atoms with Crippen LogP contribution in [0, 0.1) is 13.8 Å². The van der Waals surface area contributed by atoms with Crippen molar-refractivity contribution in [2.24, 2.45) is 0 Å². The first-order chi connectivity index (χ1) is 14.6. The number of rotatable bonds is 6. The molecule has 4 rings (SSSR count). The Bertz CT molecular complexity index is 1030. The van der Waals surface area contributed by atoms with Crippen molar-refractivity contribution in [2.75, 3.05) is 24.6 Å². The van der Waals surface area contributed by atoms with Gasteiger partial charge in [0.25, 0.3) is 0 Å². The van der Waals surface area contributed by atoms with Gasteiger partial charge in [-0.25, -0.2) is 4.98 Å². The average molecular weight is 401 g/mol. The molecule has 154 valence electrons. The predicted molar refractivity (Wildman–Crippen MR) is 123 cm³/mol. The van der Waals surface area contributed by atoms with E-state index in [1.807, 2.05) is 31.3 Å². The van der Waals surface area contributed by atoms with E-state index in [9.17, 15) is 5.11 Å². The second-order valence-corrected chi connectivity index (χ2v) is 7.82. The van der Waals surface area contributed by atoms with Crippen LogP contribution in [0.2, 0.25) is 0 Å². The number of ether oxygens (including phenoxy) is 1. The smallest absolute Gasteiger partial charge is 0.213 e. The van der Waals surface area contributed by atoms with E-state index < -0.39 is 0 Å². The molecule has 0 unspecified atom stereocenters. The Morgan fingerprint density at radius 2 is 2.00 bits per heavy atom. The molecule has 1 N–H and O–H groups in total. The normalized spacial score (nSPS) is 16.4. The monoisotopic (exact) mass is 400 g/mol. The highest BCUT2D eigenvalue weighted by molar-refractivity contribution is 5.77. The van der Waals surface area contributed by atoms with Gasteiger partial charge in [0, 0.05) is 30.9 Å². The van der Waals surface area contributed by atoms with Crippen molar-refractivity contribution in [3.05, 3.63) is 83.6 Å². The van der Waals surface area contributed by atoms with Gasteiger partial charge in [-0.05, 0) is 53.8 Å². The summed E-state index contributed by atoms with van der Waals surface area (Å²) >= 11 is 0. The molecule has 1 aliphatic heterocycles. The van der Waals surface area contributed by atoms with Crippen LogP contribution < -0.4 is 9.64 Å². The summed E-state index contributed by atoms with van der Waals surface area (Å²) in [5.74, 6) is 0.683. The highest BCUT2D eigenvalue weighted by Crippen LogP contribution is 2.32. The first-order valence-corrected chi connectivity index (χ1v) is 10.5. The number of nitrogens with zero attached hydrogens (tertiary/aromatic N) is 2. The summed E-state index contributed by atoms with van der Waals surface area (Å²) in [6.45, 7) is 5.93. The maximum absolute atomic E-state index is 9.31. The van der Waals surface area contributed by atoms with Crippen LogP contribution in [0.15, 0.2) is 66.9 Å². The van der Waals surface area contributed by atoms with Crippen molar-refractivity contribution in [2.45, 2.75) is 26.4 Å². The largest absolute Gasteiger partial charge is 0.472 e. The number of aryl methyl sites for hydroxylation is 2. The van der Waals surface area contributed by atoms with Crippen LogP contribution in [-0.4, -0.2) is 35.9 Å². The third kappa shape index (κ3) is 4.55. The number of anilines is 1. The molecule has 3 aromatic rings. The Labute approximate surface area is 178 Å². The molecule has 0 spiro atoms. The van der Waals surface area contributed by atoms with E-state index in [1.165, 1.54) is 22.4 Å². The lowest BCUT2D eigenvalue weighted by atomic mass is 9.97. The molecule has 30 heavy (non-hydrogen) atoms. The quantitative estimate of drug-likeness (QED) is 0.630. The number of aliphatic hydroxyl groups excluding tert-OH is 1. The third-order valence-electron chi connectivity index (χ3n) is 5.54. The van der Waals surface area contributed by atoms with E-state index >= 15 is 0 Å². The van der Waals surface area contributed by atoms with Crippen LogP contribution in [0.3, 0.4) is 0 Å². The van der Waals surface area contributed by atoms with E-state index in [2.05, 4.69) is 59.3 Å². The van der Waals surface area contributed by atoms with Crippen LogP contribution in [0.25, 0.3) is 17.2 Å². The average Bonchev–Trinajstić information content (AvgIpc) is 3.22. The maximum Gasteiger partial charge on any atom is 0.213 e. The fraction of sp³-hybridized carbons (Fsp3) is 0.269. The molecular formula is C26H28N2O2. The van der Waals surface area contributed by atoms with Crippen LogP contribution in [0.1, 0.15) is 23.1 Å². The van der Waals surface area contributed by atoms with Crippen molar-refractivity contribution in [3.8, 4) is 17.0 Å². The topological polar surface area (TPSA) is 45.6 Å². The van der Waals surface area contributed by atoms with Gasteiger partial charge in [-0.15, -0.1) is 0 Å². The molecule has 0 bridgehead atoms. The number of aromatic nitrogens is 1. The molecule has 4 nitrogen and oxygen atoms in total. The first-order valence-electron chi connectivity index (χ1n) is 10.5. The minimum atomic E-state index is 0.0266. The zero-order valence-corrected chi connectivity index (χ0v) is 17.6. The van der Waals surface area contributed by atoms with E-state index in [0.717, 1.165) is 30.6 Å². The summed E-state index contributed by atoms with van der Waals surface area (Å²) in [6.07, 6.45) is 6.71. The summed E-state index contributed by atoms with van der Waals surface area (Å²) in [4.78, 5) is 6.73. The molecular weight excluding hydrogens is 372 g/mol. The van der Waals surface area contributed by atoms with Gasteiger partial charge in [-0.2, -0.15) is 0 Å². The van der Waals surface area contributed by atoms with Crippen LogP contribution >= 0.6 is 0 Å². The number of hydrogen-bond acceptors (Lipinski definition) is 4. The highest BCUT2D eigenvalue weighted by atomic mass is 16.5. The molecule has 1 saturated heterocycles. The molecule has 4 heteroatoms. The molecule has 0 aliphatic carbocycles. The number of benzene rings is 2. The fourth-order valence-electron chi connectivity index (χ4n) is 3.96. The predicted octanol–water partition coefficient (Wildman–Crippen LogP) is 5.03. The van der Waals surface area contributed by atoms with Gasteiger partial charge in [0.15, 0.2) is 0 Å². The second kappa shape index (κ2) is 9.14. The maximum atomic E-state index is 9.31. The summed E-state index contributed by atoms with van der Waals surface area (Å²) in [5, 5.41) is 9.31. The lowest BCUT2D eigenvalue weighted by Crippen LogP contribution is -2.25. The summed E-state index contributed by atoms with van der Waals surface area (Å²) in [6, 6.07) is 19.0. The van der Waals surface area contributed by atoms with E-state index in [-0.39, 0.29) is 12.7 Å². The molecule has 2 aromatic carbocycles. The Hall–Kier alpha value is -3.11. The fourth-order valence-corrected chi connectivity index (χ4v) is 3.96. The summed E-state index contributed by atoms with van der Waals surface area (Å²) in [7, 11) is 0. The molecule has 0 saturated carbocycles. The Kier molecular flexibility index (Phi) is 6.15. The van der Waals surface area contributed by atoms with Gasteiger partial charge < -0.3 is 14.7 Å². The van der Waals surface area contributed by atoms with Crippen molar-refractivity contribution in [1.29, 1.82) is 0 Å². The molecule has 1 aliphatic rings. The Morgan fingerprint density at radius 1 is 1.13 bits per heavy atom. The summed E-state index contributed by atoms with van der Waals surface area (Å²) in [5.41, 5.74) is 7.08. The van der Waals surface area contributed by atoms with Gasteiger partial charge in [-0.1, -0.05) is 48.6 Å². The van der Waals surface area contributed by atoms with Gasteiger partial charge in [0.2, 0.25) is 5.88 Å². The van der Waals surface area contributed by atoms with E-state index in [4.69, 9.17) is 4.74 Å². The van der Waals surface area contributed by atoms with Gasteiger partial charge in [0.05, 0.1) is 13.2 Å². The van der Waals surface area contributed by atoms with E-state index in [0.29, 0.717) is 5.88 Å². The second-order valence-electron chi connectivity index (χ2n) is 7.82. The van der Waals surface area contributed by atoms with E-state index in [1.54, 1.807) is 6.08 Å². The van der Waals surface area contributed by atoms with Gasteiger partial charge in [0.1, 0.15) is 6.10 Å². The number of aliphatic hydroxyl groups is 1. The minimum Gasteiger partial charge on any atom is -0.472 e. The van der Waals surface area contributed by atoms with Gasteiger partial charge in [-0.3, -0.25) is 0 Å². The molecule has 0 amide bonds. The van der Waals surface area contributed by atoms with Crippen molar-refractivity contribution in [3.63, 3.8) is 0 Å². The van der Waals surface area contributed by atoms with Crippen LogP contribution in [0.5, 0.6) is 5.88 Å². The minimum absolute atomic E-state index is 0.0266.